The van der Waals surface area contributed by atoms with Crippen LogP contribution in [0.2, 0.25) is 0 Å². The minimum absolute atomic E-state index is 0.0671. The van der Waals surface area contributed by atoms with E-state index >= 15 is 0 Å². The molecule has 0 rings (SSSR count). The molecule has 0 fully saturated rings. The summed E-state index contributed by atoms with van der Waals surface area (Å²) in [5.41, 5.74) is 0. The molecule has 0 saturated carbocycles. The van der Waals surface area contributed by atoms with Crippen molar-refractivity contribution in [1.82, 2.24) is 0 Å². The van der Waals surface area contributed by atoms with Gasteiger partial charge in [-0.05, 0) is 44.9 Å². The molecule has 0 saturated heterocycles. The summed E-state index contributed by atoms with van der Waals surface area (Å²) in [6.45, 7) is 6.70. The molecule has 0 aromatic carbocycles. The molecule has 0 spiro atoms. The first-order valence-corrected chi connectivity index (χ1v) is 30.7. The zero-order chi connectivity index (χ0) is 49.3. The second kappa shape index (κ2) is 57.7. The average molecular weight is 960 g/mol. The minimum Gasteiger partial charge on any atom is -0.462 e. The molecular weight excluding hydrogens is 841 g/mol. The number of carbonyl (C=O) groups is 3. The standard InChI is InChI=1S/C62H118O6/c1-4-7-10-13-16-19-22-25-28-29-30-31-32-35-37-40-43-46-49-52-55-61(64)67-58-59(68-62(65)56-53-50-47-44-41-38-34-27-24-21-18-15-12-9-6-3)57-66-60(63)54-51-48-45-42-39-36-33-26-23-20-17-14-11-8-5-2/h27,34,59H,4-26,28-33,35-58H2,1-3H3/b34-27-. The Bertz CT molecular complexity index is 1060. The van der Waals surface area contributed by atoms with Crippen molar-refractivity contribution in [3.63, 3.8) is 0 Å². The van der Waals surface area contributed by atoms with Gasteiger partial charge in [0.1, 0.15) is 13.2 Å². The number of rotatable bonds is 57. The molecule has 0 aromatic rings. The Morgan fingerprint density at radius 3 is 0.735 bits per heavy atom. The van der Waals surface area contributed by atoms with Crippen molar-refractivity contribution >= 4 is 17.9 Å². The number of carbonyl (C=O) groups excluding carboxylic acids is 3. The van der Waals surface area contributed by atoms with Gasteiger partial charge in [0.2, 0.25) is 0 Å². The van der Waals surface area contributed by atoms with Crippen LogP contribution < -0.4 is 0 Å². The van der Waals surface area contributed by atoms with Crippen molar-refractivity contribution in [2.45, 2.75) is 354 Å². The highest BCUT2D eigenvalue weighted by molar-refractivity contribution is 5.71. The Labute approximate surface area is 424 Å². The number of esters is 3. The van der Waals surface area contributed by atoms with Crippen molar-refractivity contribution in [1.29, 1.82) is 0 Å². The summed E-state index contributed by atoms with van der Waals surface area (Å²) in [7, 11) is 0. The third-order valence-corrected chi connectivity index (χ3v) is 14.0. The molecule has 0 heterocycles. The maximum absolute atomic E-state index is 12.9. The van der Waals surface area contributed by atoms with Gasteiger partial charge in [-0.15, -0.1) is 0 Å². The lowest BCUT2D eigenvalue weighted by Gasteiger charge is -2.18. The fourth-order valence-electron chi connectivity index (χ4n) is 9.38. The summed E-state index contributed by atoms with van der Waals surface area (Å²) < 4.78 is 16.9. The van der Waals surface area contributed by atoms with Crippen molar-refractivity contribution in [2.75, 3.05) is 13.2 Å². The Morgan fingerprint density at radius 1 is 0.279 bits per heavy atom. The summed E-state index contributed by atoms with van der Waals surface area (Å²) >= 11 is 0. The van der Waals surface area contributed by atoms with Gasteiger partial charge in [0.05, 0.1) is 0 Å². The number of hydrogen-bond donors (Lipinski definition) is 0. The van der Waals surface area contributed by atoms with Gasteiger partial charge in [0, 0.05) is 19.3 Å². The zero-order valence-corrected chi connectivity index (χ0v) is 46.2. The molecule has 0 amide bonds. The molecule has 0 aromatic heterocycles. The van der Waals surface area contributed by atoms with Crippen molar-refractivity contribution in [3.8, 4) is 0 Å². The summed E-state index contributed by atoms with van der Waals surface area (Å²) in [6.07, 6.45) is 66.4. The SMILES string of the molecule is CCCCCCCC/C=C\CCCCCCCC(=O)OC(COC(=O)CCCCCCCCCCCCCCCCC)COC(=O)CCCCCCCCCCCCCCCCCCCCCC. The summed E-state index contributed by atoms with van der Waals surface area (Å²) in [4.78, 5) is 38.2. The molecular formula is C62H118O6. The van der Waals surface area contributed by atoms with Crippen LogP contribution in [0.15, 0.2) is 12.2 Å². The second-order valence-electron chi connectivity index (χ2n) is 21.0. The van der Waals surface area contributed by atoms with Crippen LogP contribution in [0.4, 0.5) is 0 Å². The van der Waals surface area contributed by atoms with Crippen LogP contribution in [-0.4, -0.2) is 37.2 Å². The van der Waals surface area contributed by atoms with E-state index in [1.807, 2.05) is 0 Å². The van der Waals surface area contributed by atoms with Crippen LogP contribution in [0.3, 0.4) is 0 Å². The highest BCUT2D eigenvalue weighted by Crippen LogP contribution is 2.18. The van der Waals surface area contributed by atoms with Gasteiger partial charge >= 0.3 is 17.9 Å². The molecule has 0 bridgehead atoms. The molecule has 402 valence electrons. The number of unbranched alkanes of at least 4 members (excludes halogenated alkanes) is 44. The van der Waals surface area contributed by atoms with E-state index in [0.717, 1.165) is 64.2 Å². The van der Waals surface area contributed by atoms with Crippen molar-refractivity contribution < 1.29 is 28.6 Å². The molecule has 0 aliphatic rings. The van der Waals surface area contributed by atoms with Crippen LogP contribution in [0.1, 0.15) is 348 Å². The Hall–Kier alpha value is -1.85. The van der Waals surface area contributed by atoms with E-state index < -0.39 is 6.10 Å². The number of ether oxygens (including phenoxy) is 3. The van der Waals surface area contributed by atoms with E-state index in [2.05, 4.69) is 32.9 Å². The normalized spacial score (nSPS) is 12.0. The highest BCUT2D eigenvalue weighted by atomic mass is 16.6. The molecule has 1 atom stereocenters. The van der Waals surface area contributed by atoms with Crippen LogP contribution in [-0.2, 0) is 28.6 Å². The molecule has 0 radical (unpaired) electrons. The fourth-order valence-corrected chi connectivity index (χ4v) is 9.38. The Kier molecular flexibility index (Phi) is 56.2. The fraction of sp³-hybridized carbons (Fsp3) is 0.919. The lowest BCUT2D eigenvalue weighted by molar-refractivity contribution is -0.167. The molecule has 0 aliphatic carbocycles. The molecule has 6 nitrogen and oxygen atoms in total. The summed E-state index contributed by atoms with van der Waals surface area (Å²) in [6, 6.07) is 0. The van der Waals surface area contributed by atoms with Gasteiger partial charge in [-0.1, -0.05) is 296 Å². The zero-order valence-electron chi connectivity index (χ0n) is 46.2. The van der Waals surface area contributed by atoms with Gasteiger partial charge in [0.15, 0.2) is 6.10 Å². The molecule has 0 N–H and O–H groups in total. The van der Waals surface area contributed by atoms with Gasteiger partial charge in [-0.2, -0.15) is 0 Å². The van der Waals surface area contributed by atoms with Crippen LogP contribution in [0, 0.1) is 0 Å². The Balaban J connectivity index is 4.28. The topological polar surface area (TPSA) is 78.9 Å². The second-order valence-corrected chi connectivity index (χ2v) is 21.0. The van der Waals surface area contributed by atoms with Crippen LogP contribution in [0.5, 0.6) is 0 Å². The quantitative estimate of drug-likeness (QED) is 0.0262. The lowest BCUT2D eigenvalue weighted by Crippen LogP contribution is -2.30. The van der Waals surface area contributed by atoms with E-state index in [1.54, 1.807) is 0 Å². The van der Waals surface area contributed by atoms with Crippen LogP contribution in [0.25, 0.3) is 0 Å². The van der Waals surface area contributed by atoms with Gasteiger partial charge < -0.3 is 14.2 Å². The number of hydrogen-bond acceptors (Lipinski definition) is 6. The summed E-state index contributed by atoms with van der Waals surface area (Å²) in [5, 5.41) is 0. The first-order valence-electron chi connectivity index (χ1n) is 30.7. The van der Waals surface area contributed by atoms with E-state index in [0.29, 0.717) is 19.3 Å². The van der Waals surface area contributed by atoms with Gasteiger partial charge in [-0.3, -0.25) is 14.4 Å². The monoisotopic (exact) mass is 959 g/mol. The van der Waals surface area contributed by atoms with E-state index in [1.165, 1.54) is 244 Å². The van der Waals surface area contributed by atoms with E-state index in [4.69, 9.17) is 14.2 Å². The van der Waals surface area contributed by atoms with E-state index in [-0.39, 0.29) is 31.1 Å². The molecule has 1 unspecified atom stereocenters. The predicted molar refractivity (Wildman–Crippen MR) is 293 cm³/mol. The number of allylic oxidation sites excluding steroid dienone is 2. The summed E-state index contributed by atoms with van der Waals surface area (Å²) in [5.74, 6) is -0.847. The first-order chi connectivity index (χ1) is 33.5. The lowest BCUT2D eigenvalue weighted by atomic mass is 10.0. The first kappa shape index (κ1) is 66.2. The minimum atomic E-state index is -0.769. The highest BCUT2D eigenvalue weighted by Gasteiger charge is 2.19. The van der Waals surface area contributed by atoms with Gasteiger partial charge in [0.25, 0.3) is 0 Å². The maximum Gasteiger partial charge on any atom is 0.306 e. The van der Waals surface area contributed by atoms with Gasteiger partial charge in [-0.25, -0.2) is 0 Å². The van der Waals surface area contributed by atoms with E-state index in [9.17, 15) is 14.4 Å². The average Bonchev–Trinajstić information content (AvgIpc) is 3.34. The Morgan fingerprint density at radius 2 is 0.485 bits per heavy atom. The smallest absolute Gasteiger partial charge is 0.306 e. The van der Waals surface area contributed by atoms with Crippen molar-refractivity contribution in [3.05, 3.63) is 12.2 Å². The third kappa shape index (κ3) is 55.1. The maximum atomic E-state index is 12.9. The molecule has 0 aliphatic heterocycles. The van der Waals surface area contributed by atoms with Crippen molar-refractivity contribution in [2.24, 2.45) is 0 Å². The largest absolute Gasteiger partial charge is 0.462 e. The molecule has 6 heteroatoms. The third-order valence-electron chi connectivity index (χ3n) is 14.0. The molecule has 68 heavy (non-hydrogen) atoms. The predicted octanol–water partition coefficient (Wildman–Crippen LogP) is 20.5. The van der Waals surface area contributed by atoms with Crippen LogP contribution >= 0.6 is 0 Å².